The van der Waals surface area contributed by atoms with E-state index in [4.69, 9.17) is 0 Å². The standard InChI is InChI=1S/C25H18F7N3O/c26-21-10-9-19(12-20(21)25(30,31)32)23(13-16-5-2-1-3-6-16,18-8-4-7-17(11-18)14-33)35-22(36)34-15-24(27,28)29/h1-12H,13,15H2,(H2,34,35,36)/t23-/m0/s1. The predicted octanol–water partition coefficient (Wildman–Crippen LogP) is 6.06. The first-order chi connectivity index (χ1) is 16.8. The lowest BCUT2D eigenvalue weighted by Crippen LogP contribution is -2.53. The molecule has 3 aromatic rings. The zero-order chi connectivity index (χ0) is 26.6. The zero-order valence-electron chi connectivity index (χ0n) is 18.3. The average molecular weight is 509 g/mol. The number of carbonyl (C=O) groups is 1. The van der Waals surface area contributed by atoms with Gasteiger partial charge in [0.05, 0.1) is 22.7 Å². The molecule has 0 fully saturated rings. The number of carbonyl (C=O) groups excluding carboxylic acids is 1. The summed E-state index contributed by atoms with van der Waals surface area (Å²) >= 11 is 0. The Morgan fingerprint density at radius 3 is 2.14 bits per heavy atom. The molecule has 188 valence electrons. The van der Waals surface area contributed by atoms with Gasteiger partial charge in [-0.3, -0.25) is 0 Å². The minimum Gasteiger partial charge on any atom is -0.329 e. The van der Waals surface area contributed by atoms with Gasteiger partial charge in [0, 0.05) is 6.42 Å². The topological polar surface area (TPSA) is 64.9 Å². The highest BCUT2D eigenvalue weighted by molar-refractivity contribution is 5.76. The van der Waals surface area contributed by atoms with Gasteiger partial charge in [0.25, 0.3) is 0 Å². The minimum absolute atomic E-state index is 0.0839. The van der Waals surface area contributed by atoms with Crippen molar-refractivity contribution in [2.75, 3.05) is 6.54 Å². The molecule has 36 heavy (non-hydrogen) atoms. The Bertz CT molecular complexity index is 1270. The quantitative estimate of drug-likeness (QED) is 0.397. The van der Waals surface area contributed by atoms with E-state index in [0.717, 1.165) is 6.07 Å². The molecule has 0 aromatic heterocycles. The lowest BCUT2D eigenvalue weighted by molar-refractivity contribution is -0.140. The van der Waals surface area contributed by atoms with Crippen molar-refractivity contribution in [3.63, 3.8) is 0 Å². The number of amides is 2. The number of nitriles is 1. The molecular formula is C25H18F7N3O. The van der Waals surface area contributed by atoms with Crippen LogP contribution in [0.5, 0.6) is 0 Å². The highest BCUT2D eigenvalue weighted by atomic mass is 19.4. The summed E-state index contributed by atoms with van der Waals surface area (Å²) in [6.07, 6.45) is -10.1. The van der Waals surface area contributed by atoms with Crippen LogP contribution in [0.4, 0.5) is 35.5 Å². The third-order valence-electron chi connectivity index (χ3n) is 5.34. The number of benzene rings is 3. The Morgan fingerprint density at radius 2 is 1.53 bits per heavy atom. The van der Waals surface area contributed by atoms with Crippen LogP contribution in [0.15, 0.2) is 72.8 Å². The van der Waals surface area contributed by atoms with E-state index in [1.807, 2.05) is 6.07 Å². The van der Waals surface area contributed by atoms with Crippen molar-refractivity contribution in [3.05, 3.63) is 106 Å². The van der Waals surface area contributed by atoms with E-state index < -0.39 is 41.8 Å². The molecule has 1 atom stereocenters. The van der Waals surface area contributed by atoms with Gasteiger partial charge in [-0.05, 0) is 41.0 Å². The maximum absolute atomic E-state index is 14.1. The number of hydrogen-bond acceptors (Lipinski definition) is 2. The van der Waals surface area contributed by atoms with E-state index in [9.17, 15) is 40.8 Å². The minimum atomic E-state index is -5.09. The van der Waals surface area contributed by atoms with E-state index >= 15 is 0 Å². The first kappa shape index (κ1) is 26.5. The van der Waals surface area contributed by atoms with Gasteiger partial charge in [-0.25, -0.2) is 9.18 Å². The third kappa shape index (κ3) is 6.33. The summed E-state index contributed by atoms with van der Waals surface area (Å²) in [5.74, 6) is -1.56. The number of nitrogens with zero attached hydrogens (tertiary/aromatic N) is 1. The maximum Gasteiger partial charge on any atom is 0.419 e. The number of alkyl halides is 6. The molecule has 0 spiro atoms. The second kappa shape index (κ2) is 10.3. The summed E-state index contributed by atoms with van der Waals surface area (Å²) in [7, 11) is 0. The van der Waals surface area contributed by atoms with Crippen molar-refractivity contribution in [3.8, 4) is 6.07 Å². The Kier molecular flexibility index (Phi) is 7.57. The summed E-state index contributed by atoms with van der Waals surface area (Å²) < 4.78 is 93.0. The fourth-order valence-corrected chi connectivity index (χ4v) is 3.74. The molecule has 4 nitrogen and oxygen atoms in total. The van der Waals surface area contributed by atoms with Crippen LogP contribution in [0, 0.1) is 17.1 Å². The normalized spacial score (nSPS) is 13.4. The number of nitrogens with one attached hydrogen (secondary N) is 2. The highest BCUT2D eigenvalue weighted by Gasteiger charge is 2.41. The van der Waals surface area contributed by atoms with Crippen LogP contribution < -0.4 is 10.6 Å². The SMILES string of the molecule is N#Cc1cccc([C@](Cc2ccccc2)(NC(=O)NCC(F)(F)F)c2ccc(F)c(C(F)(F)F)c2)c1. The predicted molar refractivity (Wildman–Crippen MR) is 116 cm³/mol. The summed E-state index contributed by atoms with van der Waals surface area (Å²) in [5.41, 5.74) is -3.11. The average Bonchev–Trinajstić information content (AvgIpc) is 2.82. The van der Waals surface area contributed by atoms with E-state index in [2.05, 4.69) is 5.32 Å². The maximum atomic E-state index is 14.1. The lowest BCUT2D eigenvalue weighted by atomic mass is 9.77. The molecule has 11 heteroatoms. The first-order valence-electron chi connectivity index (χ1n) is 10.4. The molecule has 2 amide bonds. The van der Waals surface area contributed by atoms with Crippen LogP contribution in [-0.2, 0) is 18.1 Å². The largest absolute Gasteiger partial charge is 0.419 e. The number of rotatable bonds is 6. The highest BCUT2D eigenvalue weighted by Crippen LogP contribution is 2.39. The Balaban J connectivity index is 2.27. The second-order valence-electron chi connectivity index (χ2n) is 7.88. The van der Waals surface area contributed by atoms with Gasteiger partial charge in [0.1, 0.15) is 12.4 Å². The monoisotopic (exact) mass is 509 g/mol. The lowest BCUT2D eigenvalue weighted by Gasteiger charge is -2.37. The molecule has 3 rings (SSSR count). The number of halogens is 7. The number of hydrogen-bond donors (Lipinski definition) is 2. The van der Waals surface area contributed by atoms with Crippen LogP contribution >= 0.6 is 0 Å². The van der Waals surface area contributed by atoms with Gasteiger partial charge in [0.15, 0.2) is 0 Å². The van der Waals surface area contributed by atoms with Crippen LogP contribution in [-0.4, -0.2) is 18.8 Å². The van der Waals surface area contributed by atoms with Gasteiger partial charge in [-0.1, -0.05) is 48.5 Å². The molecule has 0 aliphatic heterocycles. The summed E-state index contributed by atoms with van der Waals surface area (Å²) in [6, 6.07) is 16.3. The van der Waals surface area contributed by atoms with Gasteiger partial charge in [-0.15, -0.1) is 0 Å². The first-order valence-corrected chi connectivity index (χ1v) is 10.4. The van der Waals surface area contributed by atoms with Crippen molar-refractivity contribution in [1.82, 2.24) is 10.6 Å². The Labute approximate surface area is 201 Å². The fraction of sp³-hybridized carbons (Fsp3) is 0.200. The van der Waals surface area contributed by atoms with E-state index in [0.29, 0.717) is 17.7 Å². The van der Waals surface area contributed by atoms with E-state index in [1.165, 1.54) is 24.3 Å². The summed E-state index contributed by atoms with van der Waals surface area (Å²) in [5, 5.41) is 13.4. The van der Waals surface area contributed by atoms with E-state index in [-0.39, 0.29) is 23.1 Å². The van der Waals surface area contributed by atoms with Crippen molar-refractivity contribution < 1.29 is 35.5 Å². The second-order valence-corrected chi connectivity index (χ2v) is 7.88. The molecule has 0 bridgehead atoms. The molecule has 0 aliphatic carbocycles. The van der Waals surface area contributed by atoms with Crippen molar-refractivity contribution in [1.29, 1.82) is 5.26 Å². The Hall–Kier alpha value is -4.07. The van der Waals surface area contributed by atoms with E-state index in [1.54, 1.807) is 35.6 Å². The molecule has 0 unspecified atom stereocenters. The summed E-state index contributed by atoms with van der Waals surface area (Å²) in [6.45, 7) is -1.70. The van der Waals surface area contributed by atoms with Gasteiger partial charge >= 0.3 is 18.4 Å². The fourth-order valence-electron chi connectivity index (χ4n) is 3.74. The molecule has 3 aromatic carbocycles. The molecular weight excluding hydrogens is 491 g/mol. The molecule has 0 saturated heterocycles. The van der Waals surface area contributed by atoms with Crippen LogP contribution in [0.1, 0.15) is 27.8 Å². The molecule has 0 radical (unpaired) electrons. The third-order valence-corrected chi connectivity index (χ3v) is 5.34. The van der Waals surface area contributed by atoms with Gasteiger partial charge in [-0.2, -0.15) is 31.6 Å². The van der Waals surface area contributed by atoms with Crippen molar-refractivity contribution in [2.45, 2.75) is 24.3 Å². The van der Waals surface area contributed by atoms with Crippen LogP contribution in [0.25, 0.3) is 0 Å². The van der Waals surface area contributed by atoms with Crippen LogP contribution in [0.2, 0.25) is 0 Å². The summed E-state index contributed by atoms with van der Waals surface area (Å²) in [4.78, 5) is 12.7. The van der Waals surface area contributed by atoms with Gasteiger partial charge < -0.3 is 10.6 Å². The number of urea groups is 1. The van der Waals surface area contributed by atoms with Crippen molar-refractivity contribution in [2.24, 2.45) is 0 Å². The molecule has 0 heterocycles. The zero-order valence-corrected chi connectivity index (χ0v) is 18.3. The smallest absolute Gasteiger partial charge is 0.329 e. The van der Waals surface area contributed by atoms with Gasteiger partial charge in [0.2, 0.25) is 0 Å². The van der Waals surface area contributed by atoms with Crippen molar-refractivity contribution >= 4 is 6.03 Å². The molecule has 0 saturated carbocycles. The Morgan fingerprint density at radius 1 is 0.861 bits per heavy atom. The molecule has 0 aliphatic rings. The van der Waals surface area contributed by atoms with Crippen LogP contribution in [0.3, 0.4) is 0 Å². The molecule has 2 N–H and O–H groups in total.